The van der Waals surface area contributed by atoms with E-state index in [1.807, 2.05) is 0 Å². The summed E-state index contributed by atoms with van der Waals surface area (Å²) in [5.74, 6) is 0.462. The summed E-state index contributed by atoms with van der Waals surface area (Å²) in [5, 5.41) is 5.04. The van der Waals surface area contributed by atoms with E-state index in [2.05, 4.69) is 20.4 Å². The second kappa shape index (κ2) is 8.42. The quantitative estimate of drug-likeness (QED) is 0.804. The minimum atomic E-state index is -4.37. The molecule has 1 rings (SSSR count). The Bertz CT molecular complexity index is 466. The van der Waals surface area contributed by atoms with E-state index in [9.17, 15) is 18.0 Å². The van der Waals surface area contributed by atoms with Crippen LogP contribution in [0, 0.1) is 0 Å². The van der Waals surface area contributed by atoms with Gasteiger partial charge in [0.15, 0.2) is 0 Å². The zero-order valence-electron chi connectivity index (χ0n) is 12.2. The lowest BCUT2D eigenvalue weighted by Crippen LogP contribution is -2.42. The van der Waals surface area contributed by atoms with Gasteiger partial charge in [0.1, 0.15) is 6.61 Å². The van der Waals surface area contributed by atoms with Gasteiger partial charge in [-0.25, -0.2) is 9.78 Å². The summed E-state index contributed by atoms with van der Waals surface area (Å²) in [4.78, 5) is 15.5. The molecule has 0 saturated heterocycles. The summed E-state index contributed by atoms with van der Waals surface area (Å²) in [5.41, 5.74) is 0.761. The fourth-order valence-electron chi connectivity index (χ4n) is 1.49. The fraction of sp³-hybridized carbons (Fsp3) is 0.538. The predicted molar refractivity (Wildman–Crippen MR) is 72.5 cm³/mol. The van der Waals surface area contributed by atoms with Crippen molar-refractivity contribution < 1.29 is 27.4 Å². The van der Waals surface area contributed by atoms with E-state index < -0.39 is 24.9 Å². The molecule has 0 bridgehead atoms. The minimum Gasteiger partial charge on any atom is -0.481 e. The van der Waals surface area contributed by atoms with E-state index in [0.29, 0.717) is 5.88 Å². The van der Waals surface area contributed by atoms with Gasteiger partial charge in [-0.2, -0.15) is 13.2 Å². The number of nitrogens with zero attached hydrogens (tertiary/aromatic N) is 1. The molecule has 6 nitrogen and oxygen atoms in total. The highest BCUT2D eigenvalue weighted by atomic mass is 19.4. The number of aromatic nitrogens is 1. The van der Waals surface area contributed by atoms with Gasteiger partial charge in [-0.3, -0.25) is 0 Å². The van der Waals surface area contributed by atoms with Crippen LogP contribution in [-0.4, -0.2) is 43.6 Å². The van der Waals surface area contributed by atoms with E-state index in [0.717, 1.165) is 5.56 Å². The molecule has 0 saturated carbocycles. The number of hydrogen-bond acceptors (Lipinski definition) is 4. The third-order valence-electron chi connectivity index (χ3n) is 2.47. The Morgan fingerprint density at radius 3 is 2.68 bits per heavy atom. The van der Waals surface area contributed by atoms with Crippen LogP contribution in [0.4, 0.5) is 18.0 Å². The fourth-order valence-corrected chi connectivity index (χ4v) is 1.49. The lowest BCUT2D eigenvalue weighted by Gasteiger charge is -2.15. The molecule has 0 radical (unpaired) electrons. The summed E-state index contributed by atoms with van der Waals surface area (Å²) >= 11 is 0. The number of methoxy groups -OCH3 is 1. The molecule has 2 amide bonds. The van der Waals surface area contributed by atoms with Gasteiger partial charge in [-0.15, -0.1) is 0 Å². The molecule has 22 heavy (non-hydrogen) atoms. The molecule has 124 valence electrons. The number of amides is 2. The number of urea groups is 1. The van der Waals surface area contributed by atoms with Gasteiger partial charge in [0.2, 0.25) is 5.88 Å². The molecular formula is C13H18F3N3O3. The highest BCUT2D eigenvalue weighted by Crippen LogP contribution is 2.14. The van der Waals surface area contributed by atoms with Crippen molar-refractivity contribution in [3.63, 3.8) is 0 Å². The molecule has 0 aliphatic heterocycles. The van der Waals surface area contributed by atoms with Crippen molar-refractivity contribution in [2.24, 2.45) is 0 Å². The number of nitrogens with one attached hydrogen (secondary N) is 2. The van der Waals surface area contributed by atoms with Crippen molar-refractivity contribution in [3.8, 4) is 5.88 Å². The Morgan fingerprint density at radius 1 is 1.41 bits per heavy atom. The van der Waals surface area contributed by atoms with E-state index in [4.69, 9.17) is 4.74 Å². The molecule has 1 atom stereocenters. The molecule has 0 fully saturated rings. The highest BCUT2D eigenvalue weighted by molar-refractivity contribution is 5.74. The molecule has 0 aliphatic rings. The first kappa shape index (κ1) is 18.0. The van der Waals surface area contributed by atoms with Gasteiger partial charge in [0.25, 0.3) is 0 Å². The maximum atomic E-state index is 11.9. The summed E-state index contributed by atoms with van der Waals surface area (Å²) < 4.78 is 45.0. The SMILES string of the molecule is COc1ccc(CNC(=O)N[C@@H](C)COCC(F)(F)F)cn1. The molecule has 2 N–H and O–H groups in total. The maximum absolute atomic E-state index is 11.9. The first-order valence-corrected chi connectivity index (χ1v) is 6.48. The Balaban J connectivity index is 2.24. The summed E-state index contributed by atoms with van der Waals surface area (Å²) in [6.45, 7) is 0.221. The van der Waals surface area contributed by atoms with E-state index in [1.165, 1.54) is 7.11 Å². The van der Waals surface area contributed by atoms with Crippen molar-refractivity contribution in [2.75, 3.05) is 20.3 Å². The average Bonchev–Trinajstić information content (AvgIpc) is 2.44. The first-order chi connectivity index (χ1) is 10.3. The second-order valence-corrected chi connectivity index (χ2v) is 4.57. The largest absolute Gasteiger partial charge is 0.481 e. The van der Waals surface area contributed by atoms with Crippen LogP contribution >= 0.6 is 0 Å². The monoisotopic (exact) mass is 321 g/mol. The molecule has 0 aliphatic carbocycles. The Labute approximate surface area is 126 Å². The summed E-state index contributed by atoms with van der Waals surface area (Å²) in [6, 6.07) is 2.35. The van der Waals surface area contributed by atoms with Gasteiger partial charge in [-0.1, -0.05) is 6.07 Å². The third-order valence-corrected chi connectivity index (χ3v) is 2.47. The predicted octanol–water partition coefficient (Wildman–Crippen LogP) is 1.86. The molecule has 0 aromatic carbocycles. The Morgan fingerprint density at radius 2 is 2.14 bits per heavy atom. The zero-order valence-corrected chi connectivity index (χ0v) is 12.2. The molecule has 1 heterocycles. The molecule has 1 aromatic rings. The number of hydrogen-bond donors (Lipinski definition) is 2. The zero-order chi connectivity index (χ0) is 16.6. The standard InChI is InChI=1S/C13H18F3N3O3/c1-9(7-22-8-13(14,15)16)19-12(20)18-6-10-3-4-11(21-2)17-5-10/h3-5,9H,6-8H2,1-2H3,(H2,18,19,20)/t9-/m0/s1. The van der Waals surface area contributed by atoms with Gasteiger partial charge in [0, 0.05) is 18.8 Å². The van der Waals surface area contributed by atoms with Crippen LogP contribution < -0.4 is 15.4 Å². The van der Waals surface area contributed by atoms with Crippen LogP contribution in [-0.2, 0) is 11.3 Å². The van der Waals surface area contributed by atoms with Crippen LogP contribution in [0.2, 0.25) is 0 Å². The smallest absolute Gasteiger partial charge is 0.411 e. The minimum absolute atomic E-state index is 0.225. The molecule has 0 spiro atoms. The molecule has 9 heteroatoms. The van der Waals surface area contributed by atoms with E-state index in [1.54, 1.807) is 25.3 Å². The van der Waals surface area contributed by atoms with Crippen LogP contribution in [0.1, 0.15) is 12.5 Å². The topological polar surface area (TPSA) is 72.5 Å². The number of ether oxygens (including phenoxy) is 2. The lowest BCUT2D eigenvalue weighted by molar-refractivity contribution is -0.174. The maximum Gasteiger partial charge on any atom is 0.411 e. The van der Waals surface area contributed by atoms with Gasteiger partial charge >= 0.3 is 12.2 Å². The first-order valence-electron chi connectivity index (χ1n) is 6.48. The number of carbonyl (C=O) groups excluding carboxylic acids is 1. The van der Waals surface area contributed by atoms with Crippen molar-refractivity contribution >= 4 is 6.03 Å². The third kappa shape index (κ3) is 7.67. The lowest BCUT2D eigenvalue weighted by atomic mass is 10.3. The van der Waals surface area contributed by atoms with Crippen LogP contribution in [0.5, 0.6) is 5.88 Å². The Hall–Kier alpha value is -2.03. The van der Waals surface area contributed by atoms with Crippen molar-refractivity contribution in [3.05, 3.63) is 23.9 Å². The molecule has 1 aromatic heterocycles. The molecule has 0 unspecified atom stereocenters. The van der Waals surface area contributed by atoms with Crippen LogP contribution in [0.25, 0.3) is 0 Å². The number of rotatable bonds is 7. The summed E-state index contributed by atoms with van der Waals surface area (Å²) in [6.07, 6.45) is -2.82. The van der Waals surface area contributed by atoms with Crippen molar-refractivity contribution in [2.45, 2.75) is 25.7 Å². The number of halogens is 3. The van der Waals surface area contributed by atoms with Crippen LogP contribution in [0.15, 0.2) is 18.3 Å². The molecular weight excluding hydrogens is 303 g/mol. The summed E-state index contributed by atoms with van der Waals surface area (Å²) in [7, 11) is 1.50. The van der Waals surface area contributed by atoms with Crippen molar-refractivity contribution in [1.29, 1.82) is 0 Å². The van der Waals surface area contributed by atoms with Crippen molar-refractivity contribution in [1.82, 2.24) is 15.6 Å². The van der Waals surface area contributed by atoms with Gasteiger partial charge in [0.05, 0.1) is 19.8 Å². The number of pyridine rings is 1. The Kier molecular flexibility index (Phi) is 6.90. The second-order valence-electron chi connectivity index (χ2n) is 4.57. The van der Waals surface area contributed by atoms with E-state index >= 15 is 0 Å². The average molecular weight is 321 g/mol. The number of alkyl halides is 3. The van der Waals surface area contributed by atoms with Gasteiger partial charge in [-0.05, 0) is 12.5 Å². The normalized spacial score (nSPS) is 12.6. The van der Waals surface area contributed by atoms with Crippen LogP contribution in [0.3, 0.4) is 0 Å². The van der Waals surface area contributed by atoms with E-state index in [-0.39, 0.29) is 13.2 Å². The van der Waals surface area contributed by atoms with Gasteiger partial charge < -0.3 is 20.1 Å². The highest BCUT2D eigenvalue weighted by Gasteiger charge is 2.27. The number of carbonyl (C=O) groups is 1.